The van der Waals surface area contributed by atoms with Crippen molar-refractivity contribution >= 4 is 49.8 Å². The Hall–Kier alpha value is -6.38. The van der Waals surface area contributed by atoms with E-state index >= 15 is 0 Å². The first-order chi connectivity index (χ1) is 28.4. The summed E-state index contributed by atoms with van der Waals surface area (Å²) in [5.74, 6) is 0. The molecule has 0 bridgehead atoms. The van der Waals surface area contributed by atoms with Gasteiger partial charge in [-0.1, -0.05) is 133 Å². The maximum Gasteiger partial charge on any atom is 0.136 e. The van der Waals surface area contributed by atoms with Gasteiger partial charge in [-0.05, 0) is 98.6 Å². The highest BCUT2D eigenvalue weighted by Gasteiger charge is 2.14. The normalized spacial score (nSPS) is 14.5. The van der Waals surface area contributed by atoms with Gasteiger partial charge in [-0.3, -0.25) is 0 Å². The van der Waals surface area contributed by atoms with Crippen molar-refractivity contribution in [3.8, 4) is 33.4 Å². The van der Waals surface area contributed by atoms with E-state index in [9.17, 15) is 6.85 Å². The molecule has 0 unspecified atom stereocenters. The van der Waals surface area contributed by atoms with Crippen molar-refractivity contribution in [2.24, 2.45) is 0 Å². The summed E-state index contributed by atoms with van der Waals surface area (Å²) in [7, 11) is 0. The maximum absolute atomic E-state index is 9.47. The van der Waals surface area contributed by atoms with Crippen LogP contribution in [0, 0.1) is 0 Å². The molecule has 0 saturated heterocycles. The zero-order valence-corrected chi connectivity index (χ0v) is 25.4. The number of furan rings is 1. The van der Waals surface area contributed by atoms with E-state index in [-0.39, 0.29) is 79.7 Å². The fraction of sp³-hybridized carbons (Fsp3) is 0. The molecule has 1 heterocycles. The average Bonchev–Trinajstić information content (AvgIpc) is 3.67. The zero-order valence-electron chi connectivity index (χ0n) is 36.4. The highest BCUT2D eigenvalue weighted by molar-refractivity contribution is 6.19. The fourth-order valence-electron chi connectivity index (χ4n) is 6.04. The molecule has 2 nitrogen and oxygen atoms in total. The Morgan fingerprint density at radius 2 is 0.979 bits per heavy atom. The van der Waals surface area contributed by atoms with Gasteiger partial charge in [0.15, 0.2) is 0 Å². The van der Waals surface area contributed by atoms with Crippen LogP contribution >= 0.6 is 0 Å². The number of anilines is 3. The first-order valence-electron chi connectivity index (χ1n) is 21.0. The van der Waals surface area contributed by atoms with Gasteiger partial charge in [0.05, 0.1) is 15.1 Å². The predicted octanol–water partition coefficient (Wildman–Crippen LogP) is 13.2. The van der Waals surface area contributed by atoms with Gasteiger partial charge in [0, 0.05) is 27.8 Å². The van der Waals surface area contributed by atoms with Crippen LogP contribution in [-0.4, -0.2) is 0 Å². The lowest BCUT2D eigenvalue weighted by Gasteiger charge is -2.26. The standard InChI is InChI=1S/C46H31NO/c1-3-9-32(10-4-1)33-15-17-34(18-16-33)35-21-26-40(27-22-35)47(39-11-5-2-6-12-39)41-28-23-36(24-29-41)38-20-19-37-25-30-45-46(43(37)31-38)42-13-7-8-14-44(42)48-45/h1-31H/i7D,8D,13D,14D,23D,24D,25D,28D,29D,30D,31D. The highest BCUT2D eigenvalue weighted by Crippen LogP contribution is 2.39. The largest absolute Gasteiger partial charge is 0.456 e. The number of para-hydroxylation sites is 2. The van der Waals surface area contributed by atoms with Crippen LogP contribution < -0.4 is 4.90 Å². The van der Waals surface area contributed by atoms with E-state index in [1.807, 2.05) is 72.8 Å². The molecule has 0 aliphatic heterocycles. The van der Waals surface area contributed by atoms with Crippen LogP contribution in [0.3, 0.4) is 0 Å². The van der Waals surface area contributed by atoms with Gasteiger partial charge in [0.25, 0.3) is 0 Å². The van der Waals surface area contributed by atoms with Crippen LogP contribution in [0.25, 0.3) is 66.1 Å². The van der Waals surface area contributed by atoms with Gasteiger partial charge in [-0.15, -0.1) is 0 Å². The maximum atomic E-state index is 9.47. The molecule has 0 N–H and O–H groups in total. The minimum atomic E-state index is -0.534. The predicted molar refractivity (Wildman–Crippen MR) is 202 cm³/mol. The average molecular weight is 625 g/mol. The summed E-state index contributed by atoms with van der Waals surface area (Å²) >= 11 is 0. The quantitative estimate of drug-likeness (QED) is 0.183. The van der Waals surface area contributed by atoms with Gasteiger partial charge < -0.3 is 9.32 Å². The third-order valence-electron chi connectivity index (χ3n) is 8.41. The van der Waals surface area contributed by atoms with E-state index in [1.54, 1.807) is 4.90 Å². The molecule has 9 aromatic rings. The second-order valence-corrected chi connectivity index (χ2v) is 11.3. The van der Waals surface area contributed by atoms with E-state index < -0.39 is 36.3 Å². The smallest absolute Gasteiger partial charge is 0.136 e. The number of benzene rings is 8. The first kappa shape index (κ1) is 18.7. The van der Waals surface area contributed by atoms with Crippen molar-refractivity contribution in [1.29, 1.82) is 0 Å². The molecule has 0 amide bonds. The summed E-state index contributed by atoms with van der Waals surface area (Å²) < 4.78 is 104. The lowest BCUT2D eigenvalue weighted by atomic mass is 9.98. The fourth-order valence-corrected chi connectivity index (χ4v) is 6.04. The van der Waals surface area contributed by atoms with Crippen LogP contribution in [0.5, 0.6) is 0 Å². The van der Waals surface area contributed by atoms with Gasteiger partial charge in [0.1, 0.15) is 11.2 Å². The summed E-state index contributed by atoms with van der Waals surface area (Å²) in [6.45, 7) is 0. The third kappa shape index (κ3) is 5.01. The molecule has 0 atom stereocenters. The Morgan fingerprint density at radius 1 is 0.396 bits per heavy atom. The molecule has 0 aliphatic rings. The van der Waals surface area contributed by atoms with Crippen LogP contribution in [0.1, 0.15) is 15.1 Å². The summed E-state index contributed by atoms with van der Waals surface area (Å²) in [5, 5.41) is 0.138. The molecular formula is C46H31NO. The summed E-state index contributed by atoms with van der Waals surface area (Å²) in [6.07, 6.45) is 0. The van der Waals surface area contributed by atoms with Crippen molar-refractivity contribution < 1.29 is 19.5 Å². The van der Waals surface area contributed by atoms with Crippen molar-refractivity contribution in [2.75, 3.05) is 4.90 Å². The molecule has 9 rings (SSSR count). The lowest BCUT2D eigenvalue weighted by molar-refractivity contribution is 0.669. The molecule has 226 valence electrons. The Balaban J connectivity index is 1.20. The van der Waals surface area contributed by atoms with Crippen LogP contribution in [0.2, 0.25) is 0 Å². The minimum Gasteiger partial charge on any atom is -0.456 e. The highest BCUT2D eigenvalue weighted by atomic mass is 16.3. The Kier molecular flexibility index (Phi) is 4.58. The molecular weight excluding hydrogens is 583 g/mol. The molecule has 0 aliphatic carbocycles. The number of hydrogen-bond acceptors (Lipinski definition) is 2. The number of fused-ring (bicyclic) bond motifs is 5. The summed E-state index contributed by atoms with van der Waals surface area (Å²) in [5.41, 5.74) is 4.75. The second kappa shape index (κ2) is 11.8. The van der Waals surface area contributed by atoms with Gasteiger partial charge >= 0.3 is 0 Å². The van der Waals surface area contributed by atoms with E-state index in [0.29, 0.717) is 11.4 Å². The van der Waals surface area contributed by atoms with Crippen LogP contribution in [0.4, 0.5) is 17.1 Å². The number of hydrogen-bond donors (Lipinski definition) is 0. The number of rotatable bonds is 6. The Morgan fingerprint density at radius 3 is 1.69 bits per heavy atom. The molecule has 48 heavy (non-hydrogen) atoms. The molecule has 0 fully saturated rings. The summed E-state index contributed by atoms with van der Waals surface area (Å²) in [4.78, 5) is 1.67. The molecule has 0 saturated carbocycles. The van der Waals surface area contributed by atoms with Crippen molar-refractivity contribution in [3.05, 3.63) is 188 Å². The van der Waals surface area contributed by atoms with Gasteiger partial charge in [-0.25, -0.2) is 0 Å². The van der Waals surface area contributed by atoms with Crippen LogP contribution in [-0.2, 0) is 0 Å². The van der Waals surface area contributed by atoms with E-state index in [0.717, 1.165) is 22.3 Å². The van der Waals surface area contributed by atoms with E-state index in [1.165, 1.54) is 12.1 Å². The Labute approximate surface area is 295 Å². The molecule has 0 spiro atoms. The SMILES string of the molecule is [2H]c1c([2H])c(N(c2ccccc2)c2ccc(-c3ccc(-c4ccccc4)cc3)cc2)c([2H])c([2H])c1-c1ccc2c([2H])c([2H])c3oc4c([2H])c([2H])c([2H])c([2H])c4c3c2c1[2H]. The first-order valence-corrected chi connectivity index (χ1v) is 15.5. The third-order valence-corrected chi connectivity index (χ3v) is 8.41. The molecule has 8 aromatic carbocycles. The van der Waals surface area contributed by atoms with Crippen molar-refractivity contribution in [3.63, 3.8) is 0 Å². The molecule has 1 aromatic heterocycles. The van der Waals surface area contributed by atoms with Crippen LogP contribution in [0.15, 0.2) is 192 Å². The van der Waals surface area contributed by atoms with Crippen molar-refractivity contribution in [1.82, 2.24) is 0 Å². The topological polar surface area (TPSA) is 16.4 Å². The molecule has 0 radical (unpaired) electrons. The zero-order chi connectivity index (χ0) is 41.4. The second-order valence-electron chi connectivity index (χ2n) is 11.3. The Bertz CT molecular complexity index is 3120. The molecule has 2 heteroatoms. The van der Waals surface area contributed by atoms with E-state index in [2.05, 4.69) is 36.4 Å². The summed E-state index contributed by atoms with van der Waals surface area (Å²) in [6, 6.07) is 33.5. The van der Waals surface area contributed by atoms with Gasteiger partial charge in [-0.2, -0.15) is 0 Å². The number of nitrogens with zero attached hydrogens (tertiary/aromatic N) is 1. The van der Waals surface area contributed by atoms with E-state index in [4.69, 9.17) is 12.6 Å². The minimum absolute atomic E-state index is 0.00330. The monoisotopic (exact) mass is 624 g/mol. The van der Waals surface area contributed by atoms with Crippen molar-refractivity contribution in [2.45, 2.75) is 0 Å². The van der Waals surface area contributed by atoms with Gasteiger partial charge in [0.2, 0.25) is 0 Å². The lowest BCUT2D eigenvalue weighted by Crippen LogP contribution is -2.09.